The van der Waals surface area contributed by atoms with Gasteiger partial charge in [0, 0.05) is 22.5 Å². The van der Waals surface area contributed by atoms with E-state index in [-0.39, 0.29) is 5.91 Å². The molecule has 0 saturated heterocycles. The van der Waals surface area contributed by atoms with Crippen LogP contribution in [-0.4, -0.2) is 17.4 Å². The Bertz CT molecular complexity index is 1130. The molecule has 6 heteroatoms. The van der Waals surface area contributed by atoms with Crippen molar-refractivity contribution >= 4 is 17.2 Å². The minimum atomic E-state index is -0.0844. The lowest BCUT2D eigenvalue weighted by atomic mass is 10.1. The highest BCUT2D eigenvalue weighted by atomic mass is 32.1. The van der Waals surface area contributed by atoms with Gasteiger partial charge in [0.15, 0.2) is 0 Å². The van der Waals surface area contributed by atoms with E-state index in [4.69, 9.17) is 9.15 Å². The molecule has 0 unspecified atom stereocenters. The van der Waals surface area contributed by atoms with Crippen LogP contribution < -0.4 is 10.1 Å². The third kappa shape index (κ3) is 5.41. The highest BCUT2D eigenvalue weighted by Crippen LogP contribution is 2.23. The van der Waals surface area contributed by atoms with Gasteiger partial charge < -0.3 is 14.5 Å². The number of ether oxygens (including phenoxy) is 1. The molecule has 0 aliphatic carbocycles. The maximum atomic E-state index is 12.4. The number of nitrogens with zero attached hydrogens (tertiary/aromatic N) is 1. The lowest BCUT2D eigenvalue weighted by molar-refractivity contribution is 0.0954. The molecular formula is C25H24N2O3S. The fourth-order valence-corrected chi connectivity index (χ4v) is 3.80. The van der Waals surface area contributed by atoms with E-state index in [1.54, 1.807) is 23.5 Å². The molecule has 0 radical (unpaired) electrons. The summed E-state index contributed by atoms with van der Waals surface area (Å²) in [6.45, 7) is 4.87. The normalized spacial score (nSPS) is 10.8. The molecular weight excluding hydrogens is 408 g/mol. The lowest BCUT2D eigenvalue weighted by Crippen LogP contribution is -2.25. The maximum absolute atomic E-state index is 12.4. The van der Waals surface area contributed by atoms with Crippen LogP contribution in [0.25, 0.3) is 11.5 Å². The number of rotatable bonds is 8. The van der Waals surface area contributed by atoms with Crippen LogP contribution in [-0.2, 0) is 13.0 Å². The highest BCUT2D eigenvalue weighted by molar-refractivity contribution is 7.09. The molecule has 0 saturated carbocycles. The zero-order valence-corrected chi connectivity index (χ0v) is 18.4. The van der Waals surface area contributed by atoms with Crippen LogP contribution in [0.2, 0.25) is 0 Å². The zero-order valence-electron chi connectivity index (χ0n) is 17.6. The molecule has 4 rings (SSSR count). The molecule has 2 heterocycles. The Labute approximate surface area is 185 Å². The van der Waals surface area contributed by atoms with E-state index in [1.165, 1.54) is 10.4 Å². The Morgan fingerprint density at radius 2 is 1.84 bits per heavy atom. The van der Waals surface area contributed by atoms with Gasteiger partial charge in [-0.3, -0.25) is 4.79 Å². The number of oxazole rings is 1. The number of carbonyl (C=O) groups excluding carboxylic acids is 1. The Balaban J connectivity index is 1.35. The molecule has 0 aliphatic rings. The quantitative estimate of drug-likeness (QED) is 0.395. The largest absolute Gasteiger partial charge is 0.487 e. The molecule has 0 spiro atoms. The summed E-state index contributed by atoms with van der Waals surface area (Å²) in [5.41, 5.74) is 3.37. The van der Waals surface area contributed by atoms with Gasteiger partial charge in [-0.2, -0.15) is 0 Å². The first-order valence-electron chi connectivity index (χ1n) is 10.2. The SMILES string of the molecule is Cc1ccc(OCc2nc(-c3ccc(C(=O)NCCc4cccs4)cc3)oc2C)cc1. The molecule has 31 heavy (non-hydrogen) atoms. The van der Waals surface area contributed by atoms with Crippen molar-refractivity contribution in [2.75, 3.05) is 6.54 Å². The number of hydrogen-bond acceptors (Lipinski definition) is 5. The summed E-state index contributed by atoms with van der Waals surface area (Å²) in [7, 11) is 0. The van der Waals surface area contributed by atoms with Gasteiger partial charge in [0.25, 0.3) is 5.91 Å². The Hall–Kier alpha value is -3.38. The average molecular weight is 433 g/mol. The summed E-state index contributed by atoms with van der Waals surface area (Å²) in [5, 5.41) is 5.00. The third-order valence-corrected chi connectivity index (χ3v) is 5.86. The van der Waals surface area contributed by atoms with E-state index in [1.807, 2.05) is 61.7 Å². The predicted molar refractivity (Wildman–Crippen MR) is 123 cm³/mol. The molecule has 1 amide bonds. The Morgan fingerprint density at radius 1 is 1.06 bits per heavy atom. The molecule has 0 aliphatic heterocycles. The van der Waals surface area contributed by atoms with Gasteiger partial charge in [0.1, 0.15) is 23.8 Å². The van der Waals surface area contributed by atoms with Crippen molar-refractivity contribution in [2.24, 2.45) is 0 Å². The summed E-state index contributed by atoms with van der Waals surface area (Å²) < 4.78 is 11.6. The minimum Gasteiger partial charge on any atom is -0.487 e. The molecule has 0 fully saturated rings. The smallest absolute Gasteiger partial charge is 0.251 e. The minimum absolute atomic E-state index is 0.0844. The number of amides is 1. The van der Waals surface area contributed by atoms with E-state index < -0.39 is 0 Å². The van der Waals surface area contributed by atoms with Gasteiger partial charge in [0.2, 0.25) is 5.89 Å². The van der Waals surface area contributed by atoms with Crippen molar-refractivity contribution in [3.63, 3.8) is 0 Å². The van der Waals surface area contributed by atoms with E-state index in [9.17, 15) is 4.79 Å². The van der Waals surface area contributed by atoms with Crippen LogP contribution in [0, 0.1) is 13.8 Å². The molecule has 4 aromatic rings. The number of aryl methyl sites for hydroxylation is 2. The molecule has 5 nitrogen and oxygen atoms in total. The van der Waals surface area contributed by atoms with Crippen LogP contribution in [0.5, 0.6) is 5.75 Å². The standard InChI is InChI=1S/C25H24N2O3S/c1-17-5-11-21(12-6-17)29-16-23-18(2)30-25(27-23)20-9-7-19(8-10-20)24(28)26-14-13-22-4-3-15-31-22/h3-12,15H,13-14,16H2,1-2H3,(H,26,28). The summed E-state index contributed by atoms with van der Waals surface area (Å²) in [4.78, 5) is 18.2. The first kappa shape index (κ1) is 20.9. The zero-order chi connectivity index (χ0) is 21.6. The molecule has 0 atom stereocenters. The van der Waals surface area contributed by atoms with Crippen LogP contribution in [0.4, 0.5) is 0 Å². The van der Waals surface area contributed by atoms with Crippen LogP contribution in [0.3, 0.4) is 0 Å². The van der Waals surface area contributed by atoms with Gasteiger partial charge in [-0.1, -0.05) is 23.8 Å². The summed E-state index contributed by atoms with van der Waals surface area (Å²) in [5.74, 6) is 1.95. The Morgan fingerprint density at radius 3 is 2.55 bits per heavy atom. The van der Waals surface area contributed by atoms with Gasteiger partial charge in [-0.05, 0) is 68.1 Å². The molecule has 2 aromatic carbocycles. The second-order valence-corrected chi connectivity index (χ2v) is 8.32. The van der Waals surface area contributed by atoms with Crippen LogP contribution in [0.1, 0.15) is 32.3 Å². The van der Waals surface area contributed by atoms with E-state index in [2.05, 4.69) is 16.4 Å². The number of thiophene rings is 1. The summed E-state index contributed by atoms with van der Waals surface area (Å²) in [6.07, 6.45) is 0.838. The van der Waals surface area contributed by atoms with Crippen molar-refractivity contribution in [2.45, 2.75) is 26.9 Å². The monoisotopic (exact) mass is 432 g/mol. The second-order valence-electron chi connectivity index (χ2n) is 7.29. The molecule has 1 N–H and O–H groups in total. The number of aromatic nitrogens is 1. The first-order chi connectivity index (χ1) is 15.1. The molecule has 2 aromatic heterocycles. The predicted octanol–water partition coefficient (Wildman–Crippen LogP) is 5.57. The van der Waals surface area contributed by atoms with Crippen LogP contribution >= 0.6 is 11.3 Å². The van der Waals surface area contributed by atoms with Gasteiger partial charge in [0.05, 0.1) is 0 Å². The Kier molecular flexibility index (Phi) is 6.48. The highest BCUT2D eigenvalue weighted by Gasteiger charge is 2.13. The maximum Gasteiger partial charge on any atom is 0.251 e. The second kappa shape index (κ2) is 9.62. The van der Waals surface area contributed by atoms with E-state index in [0.29, 0.717) is 24.6 Å². The van der Waals surface area contributed by atoms with Crippen molar-refractivity contribution in [1.29, 1.82) is 0 Å². The molecule has 158 valence electrons. The number of benzene rings is 2. The van der Waals surface area contributed by atoms with Crippen molar-refractivity contribution < 1.29 is 13.9 Å². The number of nitrogens with one attached hydrogen (secondary N) is 1. The average Bonchev–Trinajstić information content (AvgIpc) is 3.43. The number of hydrogen-bond donors (Lipinski definition) is 1. The molecule has 0 bridgehead atoms. The van der Waals surface area contributed by atoms with Gasteiger partial charge in [-0.25, -0.2) is 4.98 Å². The third-order valence-electron chi connectivity index (χ3n) is 4.92. The van der Waals surface area contributed by atoms with Gasteiger partial charge >= 0.3 is 0 Å². The van der Waals surface area contributed by atoms with E-state index >= 15 is 0 Å². The van der Waals surface area contributed by atoms with E-state index in [0.717, 1.165) is 29.2 Å². The topological polar surface area (TPSA) is 64.4 Å². The summed E-state index contributed by atoms with van der Waals surface area (Å²) in [6, 6.07) is 19.3. The van der Waals surface area contributed by atoms with Crippen molar-refractivity contribution in [3.8, 4) is 17.2 Å². The van der Waals surface area contributed by atoms with Crippen LogP contribution in [0.15, 0.2) is 70.5 Å². The fourth-order valence-electron chi connectivity index (χ4n) is 3.09. The van der Waals surface area contributed by atoms with Crippen molar-refractivity contribution in [1.82, 2.24) is 10.3 Å². The summed E-state index contributed by atoms with van der Waals surface area (Å²) >= 11 is 1.70. The number of carbonyl (C=O) groups is 1. The van der Waals surface area contributed by atoms with Gasteiger partial charge in [-0.15, -0.1) is 11.3 Å². The van der Waals surface area contributed by atoms with Crippen molar-refractivity contribution in [3.05, 3.63) is 93.5 Å². The first-order valence-corrected chi connectivity index (χ1v) is 11.0. The fraction of sp³-hybridized carbons (Fsp3) is 0.200. The lowest BCUT2D eigenvalue weighted by Gasteiger charge is -2.05.